The molecule has 100 valence electrons. The third kappa shape index (κ3) is 3.42. The second kappa shape index (κ2) is 6.48. The Bertz CT molecular complexity index is 397. The monoisotopic (exact) mass is 272 g/mol. The summed E-state index contributed by atoms with van der Waals surface area (Å²) < 4.78 is 18.8. The average Bonchev–Trinajstić information content (AvgIpc) is 2.87. The molecule has 1 aromatic carbocycles. The molecule has 1 aromatic rings. The van der Waals surface area contributed by atoms with Crippen molar-refractivity contribution >= 4 is 11.6 Å². The number of hydrazine groups is 1. The zero-order valence-corrected chi connectivity index (χ0v) is 10.9. The van der Waals surface area contributed by atoms with E-state index in [9.17, 15) is 4.39 Å². The topological polar surface area (TPSA) is 47.3 Å². The lowest BCUT2D eigenvalue weighted by Crippen LogP contribution is -2.29. The Balaban J connectivity index is 2.00. The maximum absolute atomic E-state index is 13.2. The van der Waals surface area contributed by atoms with Gasteiger partial charge in [-0.15, -0.1) is 0 Å². The van der Waals surface area contributed by atoms with E-state index in [-0.39, 0.29) is 11.9 Å². The fraction of sp³-hybridized carbons (Fsp3) is 0.538. The normalized spacial score (nSPS) is 21.2. The van der Waals surface area contributed by atoms with E-state index in [4.69, 9.17) is 22.2 Å². The molecule has 1 fully saturated rings. The number of rotatable bonds is 5. The van der Waals surface area contributed by atoms with Crippen LogP contribution in [0.2, 0.25) is 5.02 Å². The lowest BCUT2D eigenvalue weighted by molar-refractivity contribution is 0.0996. The fourth-order valence-electron chi connectivity index (χ4n) is 2.33. The summed E-state index contributed by atoms with van der Waals surface area (Å²) in [6, 6.07) is 4.20. The number of hydrogen-bond acceptors (Lipinski definition) is 3. The Labute approximate surface area is 111 Å². The van der Waals surface area contributed by atoms with Gasteiger partial charge < -0.3 is 4.74 Å². The molecule has 2 rings (SSSR count). The van der Waals surface area contributed by atoms with Gasteiger partial charge in [-0.3, -0.25) is 11.3 Å². The van der Waals surface area contributed by atoms with Gasteiger partial charge >= 0.3 is 0 Å². The first-order valence-electron chi connectivity index (χ1n) is 6.23. The molecular formula is C13H18ClFN2O. The Morgan fingerprint density at radius 1 is 1.56 bits per heavy atom. The van der Waals surface area contributed by atoms with E-state index in [2.05, 4.69) is 5.43 Å². The minimum atomic E-state index is -0.299. The van der Waals surface area contributed by atoms with Crippen LogP contribution in [0.1, 0.15) is 37.3 Å². The first-order valence-corrected chi connectivity index (χ1v) is 6.61. The molecule has 2 atom stereocenters. The zero-order valence-electron chi connectivity index (χ0n) is 10.2. The van der Waals surface area contributed by atoms with Crippen LogP contribution in [-0.4, -0.2) is 12.7 Å². The highest BCUT2D eigenvalue weighted by Gasteiger charge is 2.19. The second-order valence-electron chi connectivity index (χ2n) is 4.60. The minimum Gasteiger partial charge on any atom is -0.378 e. The predicted molar refractivity (Wildman–Crippen MR) is 69.7 cm³/mol. The van der Waals surface area contributed by atoms with Crippen molar-refractivity contribution in [1.29, 1.82) is 0 Å². The Hall–Kier alpha value is -0.680. The number of benzene rings is 1. The van der Waals surface area contributed by atoms with Gasteiger partial charge in [0.1, 0.15) is 5.82 Å². The number of hydrogen-bond donors (Lipinski definition) is 2. The highest BCUT2D eigenvalue weighted by molar-refractivity contribution is 6.31. The van der Waals surface area contributed by atoms with Crippen molar-refractivity contribution in [2.75, 3.05) is 6.61 Å². The molecule has 1 aliphatic rings. The third-order valence-corrected chi connectivity index (χ3v) is 3.68. The van der Waals surface area contributed by atoms with E-state index >= 15 is 0 Å². The average molecular weight is 273 g/mol. The largest absolute Gasteiger partial charge is 0.378 e. The smallest absolute Gasteiger partial charge is 0.123 e. The van der Waals surface area contributed by atoms with Crippen LogP contribution in [0.4, 0.5) is 4.39 Å². The molecule has 1 heterocycles. The van der Waals surface area contributed by atoms with E-state index in [1.165, 1.54) is 12.1 Å². The van der Waals surface area contributed by atoms with Crippen LogP contribution in [0.15, 0.2) is 18.2 Å². The number of nitrogens with one attached hydrogen (secondary N) is 1. The molecule has 0 aromatic heterocycles. The molecular weight excluding hydrogens is 255 g/mol. The van der Waals surface area contributed by atoms with Gasteiger partial charge in [-0.25, -0.2) is 4.39 Å². The van der Waals surface area contributed by atoms with Crippen molar-refractivity contribution in [1.82, 2.24) is 5.43 Å². The van der Waals surface area contributed by atoms with Crippen LogP contribution >= 0.6 is 11.6 Å². The molecule has 0 bridgehead atoms. The third-order valence-electron chi connectivity index (χ3n) is 3.34. The van der Waals surface area contributed by atoms with Crippen molar-refractivity contribution in [2.45, 2.75) is 37.8 Å². The van der Waals surface area contributed by atoms with Crippen LogP contribution in [0.5, 0.6) is 0 Å². The molecule has 5 heteroatoms. The molecule has 3 nitrogen and oxygen atoms in total. The van der Waals surface area contributed by atoms with Crippen LogP contribution in [0, 0.1) is 5.82 Å². The molecule has 0 saturated carbocycles. The van der Waals surface area contributed by atoms with E-state index in [0.717, 1.165) is 32.3 Å². The van der Waals surface area contributed by atoms with Gasteiger partial charge in [0.05, 0.1) is 6.10 Å². The summed E-state index contributed by atoms with van der Waals surface area (Å²) in [6.07, 6.45) is 4.19. The number of halogens is 2. The zero-order chi connectivity index (χ0) is 13.0. The SMILES string of the molecule is NNC(CCC1CCCO1)c1cc(F)ccc1Cl. The lowest BCUT2D eigenvalue weighted by Gasteiger charge is -2.19. The minimum absolute atomic E-state index is 0.141. The quantitative estimate of drug-likeness (QED) is 0.640. The van der Waals surface area contributed by atoms with Crippen LogP contribution in [0.3, 0.4) is 0 Å². The first-order chi connectivity index (χ1) is 8.70. The molecule has 2 unspecified atom stereocenters. The summed E-state index contributed by atoms with van der Waals surface area (Å²) in [5.41, 5.74) is 3.41. The molecule has 1 aliphatic heterocycles. The van der Waals surface area contributed by atoms with E-state index in [1.807, 2.05) is 0 Å². The summed E-state index contributed by atoms with van der Waals surface area (Å²) in [5, 5.41) is 0.534. The summed E-state index contributed by atoms with van der Waals surface area (Å²) in [5.74, 6) is 5.24. The first kappa shape index (κ1) is 13.7. The summed E-state index contributed by atoms with van der Waals surface area (Å²) >= 11 is 6.07. The highest BCUT2D eigenvalue weighted by Crippen LogP contribution is 2.28. The second-order valence-corrected chi connectivity index (χ2v) is 5.00. The summed E-state index contributed by atoms with van der Waals surface area (Å²) in [4.78, 5) is 0. The number of ether oxygens (including phenoxy) is 1. The summed E-state index contributed by atoms with van der Waals surface area (Å²) in [7, 11) is 0. The van der Waals surface area contributed by atoms with Gasteiger partial charge in [0.2, 0.25) is 0 Å². The van der Waals surface area contributed by atoms with Gasteiger partial charge in [-0.05, 0) is 49.4 Å². The highest BCUT2D eigenvalue weighted by atomic mass is 35.5. The Kier molecular flexibility index (Phi) is 4.95. The molecule has 1 saturated heterocycles. The molecule has 0 spiro atoms. The van der Waals surface area contributed by atoms with Crippen LogP contribution < -0.4 is 11.3 Å². The fourth-order valence-corrected chi connectivity index (χ4v) is 2.58. The maximum Gasteiger partial charge on any atom is 0.123 e. The van der Waals surface area contributed by atoms with Gasteiger partial charge in [0.15, 0.2) is 0 Å². The van der Waals surface area contributed by atoms with Crippen molar-refractivity contribution in [3.05, 3.63) is 34.6 Å². The van der Waals surface area contributed by atoms with Gasteiger partial charge in [-0.1, -0.05) is 11.6 Å². The van der Waals surface area contributed by atoms with Gasteiger partial charge in [0.25, 0.3) is 0 Å². The molecule has 0 aliphatic carbocycles. The predicted octanol–water partition coefficient (Wildman–Crippen LogP) is 2.94. The van der Waals surface area contributed by atoms with Crippen LogP contribution in [-0.2, 0) is 4.74 Å². The van der Waals surface area contributed by atoms with Crippen LogP contribution in [0.25, 0.3) is 0 Å². The number of nitrogens with two attached hydrogens (primary N) is 1. The van der Waals surface area contributed by atoms with Crippen molar-refractivity contribution in [2.24, 2.45) is 5.84 Å². The van der Waals surface area contributed by atoms with Crippen molar-refractivity contribution < 1.29 is 9.13 Å². The van der Waals surface area contributed by atoms with E-state index in [0.29, 0.717) is 16.7 Å². The van der Waals surface area contributed by atoms with Gasteiger partial charge in [0, 0.05) is 17.7 Å². The molecule has 3 N–H and O–H groups in total. The van der Waals surface area contributed by atoms with Gasteiger partial charge in [-0.2, -0.15) is 0 Å². The van der Waals surface area contributed by atoms with Crippen molar-refractivity contribution in [3.63, 3.8) is 0 Å². The molecule has 0 radical (unpaired) electrons. The Morgan fingerprint density at radius 3 is 3.06 bits per heavy atom. The summed E-state index contributed by atoms with van der Waals surface area (Å²) in [6.45, 7) is 0.839. The van der Waals surface area contributed by atoms with E-state index in [1.54, 1.807) is 6.07 Å². The van der Waals surface area contributed by atoms with Crippen molar-refractivity contribution in [3.8, 4) is 0 Å². The Morgan fingerprint density at radius 2 is 2.39 bits per heavy atom. The standard InChI is InChI=1S/C13H18ClFN2O/c14-12-5-3-9(15)8-11(12)13(17-16)6-4-10-2-1-7-18-10/h3,5,8,10,13,17H,1-2,4,6-7,16H2. The lowest BCUT2D eigenvalue weighted by atomic mass is 9.99. The molecule has 18 heavy (non-hydrogen) atoms. The maximum atomic E-state index is 13.2. The van der Waals surface area contributed by atoms with E-state index < -0.39 is 0 Å². The molecule has 0 amide bonds.